The molecule has 3 rings (SSSR count). The van der Waals surface area contributed by atoms with E-state index in [0.717, 1.165) is 42.8 Å². The summed E-state index contributed by atoms with van der Waals surface area (Å²) in [4.78, 5) is 12.8. The zero-order valence-electron chi connectivity index (χ0n) is 10.5. The van der Waals surface area contributed by atoms with Crippen LogP contribution in [0.2, 0.25) is 5.02 Å². The third-order valence-corrected chi connectivity index (χ3v) is 3.86. The van der Waals surface area contributed by atoms with Gasteiger partial charge in [-0.1, -0.05) is 18.5 Å². The number of nitro benzene ring substituents is 1. The summed E-state index contributed by atoms with van der Waals surface area (Å²) in [5.41, 5.74) is 1.70. The zero-order chi connectivity index (χ0) is 13.6. The summed E-state index contributed by atoms with van der Waals surface area (Å²) in [5, 5.41) is 16.4. The summed E-state index contributed by atoms with van der Waals surface area (Å²) >= 11 is 5.92. The van der Waals surface area contributed by atoms with Crippen LogP contribution in [0.3, 0.4) is 0 Å². The molecule has 2 aromatic rings. The Kier molecular flexibility index (Phi) is 2.91. The summed E-state index contributed by atoms with van der Waals surface area (Å²) in [6, 6.07) is 3.12. The minimum absolute atomic E-state index is 0.0569. The summed E-state index contributed by atoms with van der Waals surface area (Å²) < 4.78 is 1.93. The fraction of sp³-hybridized carbons (Fsp3) is 0.417. The molecule has 19 heavy (non-hydrogen) atoms. The lowest BCUT2D eigenvalue weighted by atomic mass is 10.1. The number of nitrogens with zero attached hydrogens (tertiary/aromatic N) is 4. The van der Waals surface area contributed by atoms with E-state index in [1.807, 2.05) is 4.68 Å². The number of hydrogen-bond donors (Lipinski definition) is 0. The van der Waals surface area contributed by atoms with Crippen molar-refractivity contribution in [3.8, 4) is 0 Å². The van der Waals surface area contributed by atoms with Crippen molar-refractivity contribution in [1.29, 1.82) is 0 Å². The van der Waals surface area contributed by atoms with Crippen LogP contribution in [0.15, 0.2) is 12.1 Å². The van der Waals surface area contributed by atoms with E-state index in [1.54, 1.807) is 6.07 Å². The normalized spacial score (nSPS) is 15.7. The molecule has 1 aromatic heterocycles. The van der Waals surface area contributed by atoms with Crippen molar-refractivity contribution in [1.82, 2.24) is 14.7 Å². The first-order valence-corrected chi connectivity index (χ1v) is 6.53. The Morgan fingerprint density at radius 2 is 2.26 bits per heavy atom. The fourth-order valence-corrected chi connectivity index (χ4v) is 2.71. The number of fused-ring (bicyclic) bond motifs is 3. The van der Waals surface area contributed by atoms with Gasteiger partial charge < -0.3 is 0 Å². The predicted octanol–water partition coefficient (Wildman–Crippen LogP) is 2.43. The van der Waals surface area contributed by atoms with Gasteiger partial charge in [-0.15, -0.1) is 0 Å². The Hall–Kier alpha value is -1.66. The van der Waals surface area contributed by atoms with Gasteiger partial charge in [-0.2, -0.15) is 5.10 Å². The lowest BCUT2D eigenvalue weighted by molar-refractivity contribution is -0.384. The molecule has 0 amide bonds. The number of aromatic nitrogens is 2. The second-order valence-corrected chi connectivity index (χ2v) is 5.02. The second-order valence-electron chi connectivity index (χ2n) is 4.62. The highest BCUT2D eigenvalue weighted by atomic mass is 35.5. The molecule has 0 aliphatic carbocycles. The largest absolute Gasteiger partial charge is 0.296 e. The smallest absolute Gasteiger partial charge is 0.288 e. The van der Waals surface area contributed by atoms with Crippen LogP contribution in [-0.4, -0.2) is 32.7 Å². The van der Waals surface area contributed by atoms with E-state index in [1.165, 1.54) is 6.07 Å². The van der Waals surface area contributed by atoms with Crippen LogP contribution in [0.4, 0.5) is 5.69 Å². The van der Waals surface area contributed by atoms with Gasteiger partial charge in [0.15, 0.2) is 0 Å². The van der Waals surface area contributed by atoms with Crippen LogP contribution in [0.5, 0.6) is 0 Å². The van der Waals surface area contributed by atoms with Gasteiger partial charge in [-0.05, 0) is 12.6 Å². The molecule has 2 heterocycles. The maximum Gasteiger partial charge on any atom is 0.288 e. The van der Waals surface area contributed by atoms with E-state index in [4.69, 9.17) is 11.6 Å². The first-order valence-electron chi connectivity index (χ1n) is 6.16. The van der Waals surface area contributed by atoms with E-state index in [2.05, 4.69) is 16.9 Å². The average Bonchev–Trinajstić information content (AvgIpc) is 2.73. The van der Waals surface area contributed by atoms with Crippen LogP contribution >= 0.6 is 11.6 Å². The molecule has 0 saturated carbocycles. The fourth-order valence-electron chi connectivity index (χ4n) is 2.48. The Morgan fingerprint density at radius 3 is 2.95 bits per heavy atom. The maximum absolute atomic E-state index is 11.0. The Morgan fingerprint density at radius 1 is 1.47 bits per heavy atom. The third-order valence-electron chi connectivity index (χ3n) is 3.56. The van der Waals surface area contributed by atoms with Gasteiger partial charge in [0.25, 0.3) is 5.69 Å². The van der Waals surface area contributed by atoms with Crippen molar-refractivity contribution in [2.75, 3.05) is 13.1 Å². The molecule has 6 nitrogen and oxygen atoms in total. The molecular weight excluding hydrogens is 268 g/mol. The molecule has 7 heteroatoms. The molecule has 1 aliphatic heterocycles. The number of nitro groups is 1. The molecule has 1 aliphatic rings. The van der Waals surface area contributed by atoms with Gasteiger partial charge in [0, 0.05) is 24.5 Å². The van der Waals surface area contributed by atoms with Gasteiger partial charge >= 0.3 is 0 Å². The van der Waals surface area contributed by atoms with Gasteiger partial charge in [0.1, 0.15) is 5.02 Å². The van der Waals surface area contributed by atoms with E-state index in [-0.39, 0.29) is 10.7 Å². The highest BCUT2D eigenvalue weighted by Crippen LogP contribution is 2.32. The molecule has 0 spiro atoms. The first-order chi connectivity index (χ1) is 9.10. The highest BCUT2D eigenvalue weighted by Gasteiger charge is 2.23. The van der Waals surface area contributed by atoms with E-state index in [9.17, 15) is 10.1 Å². The summed E-state index contributed by atoms with van der Waals surface area (Å²) in [7, 11) is 0. The Balaban J connectivity index is 2.18. The topological polar surface area (TPSA) is 64.2 Å². The van der Waals surface area contributed by atoms with Gasteiger partial charge in [0.05, 0.1) is 22.7 Å². The van der Waals surface area contributed by atoms with Crippen LogP contribution in [0.1, 0.15) is 12.6 Å². The molecular formula is C12H13ClN4O2. The van der Waals surface area contributed by atoms with Gasteiger partial charge in [-0.3, -0.25) is 19.7 Å². The molecule has 0 radical (unpaired) electrons. The minimum Gasteiger partial charge on any atom is -0.296 e. The van der Waals surface area contributed by atoms with Crippen LogP contribution in [0, 0.1) is 10.1 Å². The zero-order valence-corrected chi connectivity index (χ0v) is 11.2. The SMILES string of the molecule is CCN1CCn2nc3cc(Cl)c([N+](=O)[O-])cc3c2C1. The summed E-state index contributed by atoms with van der Waals surface area (Å²) in [5.74, 6) is 0. The van der Waals surface area contributed by atoms with Crippen molar-refractivity contribution in [2.24, 2.45) is 0 Å². The van der Waals surface area contributed by atoms with Crippen molar-refractivity contribution >= 4 is 28.2 Å². The molecule has 0 atom stereocenters. The summed E-state index contributed by atoms with van der Waals surface area (Å²) in [6.45, 7) is 5.60. The number of benzene rings is 1. The monoisotopic (exact) mass is 280 g/mol. The van der Waals surface area contributed by atoms with Gasteiger partial charge in [0.2, 0.25) is 0 Å². The molecule has 0 fully saturated rings. The molecule has 0 saturated heterocycles. The quantitative estimate of drug-likeness (QED) is 0.626. The number of hydrogen-bond acceptors (Lipinski definition) is 4. The third kappa shape index (κ3) is 1.97. The average molecular weight is 281 g/mol. The molecule has 0 unspecified atom stereocenters. The van der Waals surface area contributed by atoms with E-state index >= 15 is 0 Å². The van der Waals surface area contributed by atoms with Crippen LogP contribution in [-0.2, 0) is 13.1 Å². The number of likely N-dealkylation sites (N-methyl/N-ethyl adjacent to an activating group) is 1. The highest BCUT2D eigenvalue weighted by molar-refractivity contribution is 6.33. The van der Waals surface area contributed by atoms with Gasteiger partial charge in [-0.25, -0.2) is 0 Å². The van der Waals surface area contributed by atoms with Crippen molar-refractivity contribution in [2.45, 2.75) is 20.0 Å². The maximum atomic E-state index is 11.0. The lowest BCUT2D eigenvalue weighted by Gasteiger charge is -2.26. The number of rotatable bonds is 2. The Labute approximate surface area is 114 Å². The first kappa shape index (κ1) is 12.4. The summed E-state index contributed by atoms with van der Waals surface area (Å²) in [6.07, 6.45) is 0. The van der Waals surface area contributed by atoms with Crippen LogP contribution in [0.25, 0.3) is 10.9 Å². The second kappa shape index (κ2) is 4.47. The standard InChI is InChI=1S/C12H13ClN4O2/c1-2-15-3-4-16-12(7-15)8-5-11(17(18)19)9(13)6-10(8)14-16/h5-6H,2-4,7H2,1H3. The predicted molar refractivity (Wildman–Crippen MR) is 72.3 cm³/mol. The molecule has 0 bridgehead atoms. The minimum atomic E-state index is -0.452. The van der Waals surface area contributed by atoms with E-state index in [0.29, 0.717) is 0 Å². The van der Waals surface area contributed by atoms with Crippen LogP contribution < -0.4 is 0 Å². The molecule has 100 valence electrons. The van der Waals surface area contributed by atoms with E-state index < -0.39 is 4.92 Å². The number of halogens is 1. The van der Waals surface area contributed by atoms with Crippen molar-refractivity contribution in [3.05, 3.63) is 33.0 Å². The van der Waals surface area contributed by atoms with Crippen molar-refractivity contribution in [3.63, 3.8) is 0 Å². The van der Waals surface area contributed by atoms with Crippen molar-refractivity contribution < 1.29 is 4.92 Å². The lowest BCUT2D eigenvalue weighted by Crippen LogP contribution is -2.33. The molecule has 1 aromatic carbocycles. The molecule has 0 N–H and O–H groups in total. The Bertz CT molecular complexity index is 667.